The van der Waals surface area contributed by atoms with Gasteiger partial charge in [-0.15, -0.1) is 0 Å². The number of hydrogen-bond acceptors (Lipinski definition) is 3. The summed E-state index contributed by atoms with van der Waals surface area (Å²) in [6, 6.07) is 8.10. The third-order valence-corrected chi connectivity index (χ3v) is 7.05. The second-order valence-corrected chi connectivity index (χ2v) is 9.14. The first-order valence-electron chi connectivity index (χ1n) is 8.16. The molecule has 0 bridgehead atoms. The zero-order chi connectivity index (χ0) is 16.7. The first kappa shape index (κ1) is 16.5. The molecule has 1 aromatic rings. The molecule has 1 aliphatic carbocycles. The standard InChI is InChI=1S/C17H24N2O3S/c1-18(2)23(21,22)12-9-16(20)19-13-17(10-5-6-11-17)14-7-3-4-8-15(14)19/h3-4,7-8H,5-6,9-13H2,1-2H3. The topological polar surface area (TPSA) is 57.7 Å². The van der Waals surface area contributed by atoms with Crippen LogP contribution in [0.3, 0.4) is 0 Å². The lowest BCUT2D eigenvalue weighted by Crippen LogP contribution is -2.37. The van der Waals surface area contributed by atoms with E-state index >= 15 is 0 Å². The molecule has 1 aliphatic heterocycles. The Hall–Kier alpha value is -1.40. The minimum absolute atomic E-state index is 0.0327. The highest BCUT2D eigenvalue weighted by Gasteiger charge is 2.45. The summed E-state index contributed by atoms with van der Waals surface area (Å²) in [5, 5.41) is 0. The minimum atomic E-state index is -3.34. The van der Waals surface area contributed by atoms with E-state index in [0.29, 0.717) is 6.54 Å². The molecule has 1 aromatic carbocycles. The molecule has 1 heterocycles. The van der Waals surface area contributed by atoms with Crippen LogP contribution in [0.1, 0.15) is 37.7 Å². The van der Waals surface area contributed by atoms with Gasteiger partial charge in [0.05, 0.1) is 5.75 Å². The number of rotatable bonds is 4. The molecule has 1 fully saturated rings. The highest BCUT2D eigenvalue weighted by atomic mass is 32.2. The minimum Gasteiger partial charge on any atom is -0.311 e. The van der Waals surface area contributed by atoms with Crippen molar-refractivity contribution in [3.8, 4) is 0 Å². The van der Waals surface area contributed by atoms with Gasteiger partial charge in [-0.05, 0) is 24.5 Å². The molecule has 0 unspecified atom stereocenters. The van der Waals surface area contributed by atoms with E-state index in [0.717, 1.165) is 18.5 Å². The van der Waals surface area contributed by atoms with E-state index in [1.165, 1.54) is 36.8 Å². The molecule has 1 amide bonds. The van der Waals surface area contributed by atoms with Gasteiger partial charge in [0, 0.05) is 38.2 Å². The summed E-state index contributed by atoms with van der Waals surface area (Å²) in [6.07, 6.45) is 4.66. The molecule has 5 nitrogen and oxygen atoms in total. The van der Waals surface area contributed by atoms with Crippen molar-refractivity contribution in [2.45, 2.75) is 37.5 Å². The molecular formula is C17H24N2O3S. The van der Waals surface area contributed by atoms with E-state index in [9.17, 15) is 13.2 Å². The number of hydrogen-bond donors (Lipinski definition) is 0. The van der Waals surface area contributed by atoms with Crippen LogP contribution in [-0.2, 0) is 20.2 Å². The smallest absolute Gasteiger partial charge is 0.228 e. The van der Waals surface area contributed by atoms with Gasteiger partial charge >= 0.3 is 0 Å². The van der Waals surface area contributed by atoms with E-state index in [4.69, 9.17) is 0 Å². The normalized spacial score (nSPS) is 19.5. The maximum atomic E-state index is 12.7. The van der Waals surface area contributed by atoms with Crippen LogP contribution < -0.4 is 4.90 Å². The number of nitrogens with zero attached hydrogens (tertiary/aromatic N) is 2. The molecular weight excluding hydrogens is 312 g/mol. The molecule has 0 saturated heterocycles. The Labute approximate surface area is 138 Å². The van der Waals surface area contributed by atoms with E-state index < -0.39 is 10.0 Å². The molecule has 1 spiro atoms. The van der Waals surface area contributed by atoms with Gasteiger partial charge in [-0.25, -0.2) is 12.7 Å². The van der Waals surface area contributed by atoms with E-state index in [-0.39, 0.29) is 23.5 Å². The fourth-order valence-corrected chi connectivity index (χ4v) is 4.66. The first-order chi connectivity index (χ1) is 10.9. The summed E-state index contributed by atoms with van der Waals surface area (Å²) < 4.78 is 25.0. The number of anilines is 1. The fourth-order valence-electron chi connectivity index (χ4n) is 3.87. The second-order valence-electron chi connectivity index (χ2n) is 6.83. The van der Waals surface area contributed by atoms with Gasteiger partial charge < -0.3 is 4.90 Å². The van der Waals surface area contributed by atoms with Gasteiger partial charge in [-0.2, -0.15) is 0 Å². The summed E-state index contributed by atoms with van der Waals surface area (Å²) in [5.74, 6) is -0.225. The predicted octanol–water partition coefficient (Wildman–Crippen LogP) is 2.13. The second kappa shape index (κ2) is 5.91. The number of carbonyl (C=O) groups is 1. The van der Waals surface area contributed by atoms with Gasteiger partial charge in [0.25, 0.3) is 0 Å². The highest BCUT2D eigenvalue weighted by Crippen LogP contribution is 2.50. The lowest BCUT2D eigenvalue weighted by atomic mass is 9.81. The molecule has 3 rings (SSSR count). The number of benzene rings is 1. The lowest BCUT2D eigenvalue weighted by Gasteiger charge is -2.24. The maximum Gasteiger partial charge on any atom is 0.228 e. The average molecular weight is 336 g/mol. The van der Waals surface area contributed by atoms with Crippen molar-refractivity contribution < 1.29 is 13.2 Å². The zero-order valence-electron chi connectivity index (χ0n) is 13.8. The largest absolute Gasteiger partial charge is 0.311 e. The summed E-state index contributed by atoms with van der Waals surface area (Å²) in [4.78, 5) is 14.5. The quantitative estimate of drug-likeness (QED) is 0.846. The van der Waals surface area contributed by atoms with Gasteiger partial charge in [-0.3, -0.25) is 4.79 Å². The van der Waals surface area contributed by atoms with Crippen LogP contribution >= 0.6 is 0 Å². The fraction of sp³-hybridized carbons (Fsp3) is 0.588. The summed E-state index contributed by atoms with van der Waals surface area (Å²) in [6.45, 7) is 0.702. The van der Waals surface area contributed by atoms with Crippen LogP contribution in [0.5, 0.6) is 0 Å². The molecule has 6 heteroatoms. The van der Waals surface area contributed by atoms with Crippen molar-refractivity contribution >= 4 is 21.6 Å². The van der Waals surface area contributed by atoms with Crippen LogP contribution in [0.15, 0.2) is 24.3 Å². The molecule has 23 heavy (non-hydrogen) atoms. The third kappa shape index (κ3) is 2.90. The van der Waals surface area contributed by atoms with Crippen molar-refractivity contribution in [1.29, 1.82) is 0 Å². The van der Waals surface area contributed by atoms with Crippen LogP contribution in [0.4, 0.5) is 5.69 Å². The number of fused-ring (bicyclic) bond motifs is 2. The van der Waals surface area contributed by atoms with E-state index in [2.05, 4.69) is 6.07 Å². The van der Waals surface area contributed by atoms with Crippen LogP contribution in [0, 0.1) is 0 Å². The number of sulfonamides is 1. The molecule has 0 aromatic heterocycles. The van der Waals surface area contributed by atoms with Crippen molar-refractivity contribution in [2.24, 2.45) is 0 Å². The van der Waals surface area contributed by atoms with Gasteiger partial charge in [0.2, 0.25) is 15.9 Å². The molecule has 126 valence electrons. The van der Waals surface area contributed by atoms with Gasteiger partial charge in [0.15, 0.2) is 0 Å². The van der Waals surface area contributed by atoms with E-state index in [1.807, 2.05) is 23.1 Å². The van der Waals surface area contributed by atoms with Crippen LogP contribution in [0.25, 0.3) is 0 Å². The Morgan fingerprint density at radius 3 is 2.52 bits per heavy atom. The van der Waals surface area contributed by atoms with Crippen LogP contribution in [-0.4, -0.2) is 45.0 Å². The van der Waals surface area contributed by atoms with Crippen molar-refractivity contribution in [3.05, 3.63) is 29.8 Å². The molecule has 1 saturated carbocycles. The molecule has 2 aliphatic rings. The van der Waals surface area contributed by atoms with Crippen LogP contribution in [0.2, 0.25) is 0 Å². The van der Waals surface area contributed by atoms with Crippen molar-refractivity contribution in [2.75, 3.05) is 31.3 Å². The Morgan fingerprint density at radius 2 is 1.87 bits per heavy atom. The highest BCUT2D eigenvalue weighted by molar-refractivity contribution is 7.89. The Morgan fingerprint density at radius 1 is 1.22 bits per heavy atom. The Balaban J connectivity index is 1.80. The summed E-state index contributed by atoms with van der Waals surface area (Å²) >= 11 is 0. The summed E-state index contributed by atoms with van der Waals surface area (Å²) in [7, 11) is -0.345. The maximum absolute atomic E-state index is 12.7. The van der Waals surface area contributed by atoms with Gasteiger partial charge in [-0.1, -0.05) is 31.0 Å². The van der Waals surface area contributed by atoms with E-state index in [1.54, 1.807) is 0 Å². The Bertz CT molecular complexity index is 706. The lowest BCUT2D eigenvalue weighted by molar-refractivity contribution is -0.118. The SMILES string of the molecule is CN(C)S(=O)(=O)CCC(=O)N1CC2(CCCC2)c2ccccc21. The Kier molecular flexibility index (Phi) is 4.23. The number of amides is 1. The van der Waals surface area contributed by atoms with Crippen molar-refractivity contribution in [1.82, 2.24) is 4.31 Å². The van der Waals surface area contributed by atoms with Gasteiger partial charge in [0.1, 0.15) is 0 Å². The van der Waals surface area contributed by atoms with Crippen molar-refractivity contribution in [3.63, 3.8) is 0 Å². The third-order valence-electron chi connectivity index (χ3n) is 5.22. The average Bonchev–Trinajstić information content (AvgIpc) is 3.12. The molecule has 0 atom stereocenters. The number of para-hydroxylation sites is 1. The molecule has 0 radical (unpaired) electrons. The zero-order valence-corrected chi connectivity index (χ0v) is 14.6. The predicted molar refractivity (Wildman–Crippen MR) is 91.0 cm³/mol. The monoisotopic (exact) mass is 336 g/mol. The number of carbonyl (C=O) groups excluding carboxylic acids is 1. The molecule has 0 N–H and O–H groups in total. The summed E-state index contributed by atoms with van der Waals surface area (Å²) in [5.41, 5.74) is 2.33. The first-order valence-corrected chi connectivity index (χ1v) is 9.77.